The Kier molecular flexibility index (Phi) is 14.5. The molecule has 0 saturated heterocycles. The zero-order valence-corrected chi connectivity index (χ0v) is 39.8. The molecule has 0 bridgehead atoms. The molecule has 358 valence electrons. The third kappa shape index (κ3) is 10.1. The molecular formula is C48H50F2N6O10S2. The maximum Gasteiger partial charge on any atom is 0.330 e. The van der Waals surface area contributed by atoms with Gasteiger partial charge in [0.25, 0.3) is 0 Å². The summed E-state index contributed by atoms with van der Waals surface area (Å²) >= 11 is 0. The SMILES string of the molecule is CCOc1cc(C(CS(C)(=O)=O)n2c(=O)n(CNC)c3cc(-c4cccc(CCOc5cc(C(CS(C)(=O)=O)n6c(=O)n(CC#N)c7cc(F)ccc76)ccc5OC)c4F)ccc32)ccc1OC. The van der Waals surface area contributed by atoms with Crippen LogP contribution in [0, 0.1) is 23.0 Å². The van der Waals surface area contributed by atoms with E-state index in [1.165, 1.54) is 40.1 Å². The van der Waals surface area contributed by atoms with Crippen molar-refractivity contribution >= 4 is 41.7 Å². The number of ether oxygens (including phenoxy) is 4. The lowest BCUT2D eigenvalue weighted by Gasteiger charge is -2.21. The minimum Gasteiger partial charge on any atom is -0.493 e. The second-order valence-corrected chi connectivity index (χ2v) is 20.5. The van der Waals surface area contributed by atoms with E-state index in [2.05, 4.69) is 5.32 Å². The van der Waals surface area contributed by atoms with Crippen LogP contribution >= 0.6 is 0 Å². The highest BCUT2D eigenvalue weighted by Gasteiger charge is 2.29. The fourth-order valence-corrected chi connectivity index (χ4v) is 10.3. The Morgan fingerprint density at radius 1 is 0.691 bits per heavy atom. The third-order valence-corrected chi connectivity index (χ3v) is 13.3. The summed E-state index contributed by atoms with van der Waals surface area (Å²) in [6, 6.07) is 23.0. The van der Waals surface area contributed by atoms with E-state index in [0.717, 1.165) is 29.2 Å². The van der Waals surface area contributed by atoms with Crippen LogP contribution < -0.4 is 35.6 Å². The molecule has 0 amide bonds. The molecule has 0 fully saturated rings. The summed E-state index contributed by atoms with van der Waals surface area (Å²) < 4.78 is 111. The number of nitrogens with zero attached hydrogens (tertiary/aromatic N) is 5. The first-order valence-electron chi connectivity index (χ1n) is 21.3. The van der Waals surface area contributed by atoms with Gasteiger partial charge in [0.15, 0.2) is 23.0 Å². The van der Waals surface area contributed by atoms with Crippen molar-refractivity contribution in [3.05, 3.63) is 140 Å². The molecule has 2 aromatic heterocycles. The van der Waals surface area contributed by atoms with Crippen molar-refractivity contribution in [1.29, 1.82) is 5.26 Å². The zero-order chi connectivity index (χ0) is 49.1. The van der Waals surface area contributed by atoms with Crippen molar-refractivity contribution < 1.29 is 44.6 Å². The lowest BCUT2D eigenvalue weighted by molar-refractivity contribution is 0.295. The molecule has 0 spiro atoms. The first-order chi connectivity index (χ1) is 32.4. The minimum atomic E-state index is -3.75. The number of rotatable bonds is 20. The van der Waals surface area contributed by atoms with Crippen molar-refractivity contribution in [3.63, 3.8) is 0 Å². The maximum absolute atomic E-state index is 16.6. The summed E-state index contributed by atoms with van der Waals surface area (Å²) in [4.78, 5) is 28.1. The Labute approximate surface area is 391 Å². The van der Waals surface area contributed by atoms with Gasteiger partial charge in [-0.2, -0.15) is 5.26 Å². The Balaban J connectivity index is 1.22. The van der Waals surface area contributed by atoms with Crippen LogP contribution in [-0.2, 0) is 39.3 Å². The molecule has 0 aliphatic carbocycles. The second-order valence-electron chi connectivity index (χ2n) is 16.2. The number of imidazole rings is 2. The number of halogens is 2. The lowest BCUT2D eigenvalue weighted by atomic mass is 10.00. The average Bonchev–Trinajstić information content (AvgIpc) is 3.72. The van der Waals surface area contributed by atoms with E-state index < -0.39 is 72.8 Å². The van der Waals surface area contributed by atoms with Crippen LogP contribution in [0.5, 0.6) is 23.0 Å². The number of aromatic nitrogens is 4. The van der Waals surface area contributed by atoms with E-state index in [0.29, 0.717) is 51.4 Å². The Hall–Kier alpha value is -6.95. The van der Waals surface area contributed by atoms with Crippen molar-refractivity contribution in [2.45, 2.75) is 38.6 Å². The fraction of sp³-hybridized carbons (Fsp3) is 0.312. The van der Waals surface area contributed by atoms with E-state index in [1.807, 2.05) is 6.07 Å². The van der Waals surface area contributed by atoms with Gasteiger partial charge in [0.1, 0.15) is 37.9 Å². The molecule has 2 atom stereocenters. The summed E-state index contributed by atoms with van der Waals surface area (Å²) in [7, 11) is -2.83. The smallest absolute Gasteiger partial charge is 0.330 e. The molecule has 2 unspecified atom stereocenters. The average molecular weight is 973 g/mol. The number of hydrogen-bond acceptors (Lipinski definition) is 12. The summed E-state index contributed by atoms with van der Waals surface area (Å²) in [6.07, 6.45) is 2.19. The van der Waals surface area contributed by atoms with Gasteiger partial charge in [0, 0.05) is 24.5 Å². The van der Waals surface area contributed by atoms with Crippen molar-refractivity contribution in [2.24, 2.45) is 0 Å². The molecule has 7 rings (SSSR count). The molecule has 1 N–H and O–H groups in total. The van der Waals surface area contributed by atoms with Gasteiger partial charge in [0.05, 0.1) is 85.8 Å². The normalized spacial score (nSPS) is 12.8. The van der Waals surface area contributed by atoms with Crippen LogP contribution in [0.25, 0.3) is 33.2 Å². The van der Waals surface area contributed by atoms with Crippen molar-refractivity contribution in [1.82, 2.24) is 23.6 Å². The molecule has 2 heterocycles. The highest BCUT2D eigenvalue weighted by atomic mass is 32.2. The van der Waals surface area contributed by atoms with E-state index in [4.69, 9.17) is 18.9 Å². The monoisotopic (exact) mass is 972 g/mol. The predicted molar refractivity (Wildman–Crippen MR) is 254 cm³/mol. The van der Waals surface area contributed by atoms with E-state index in [-0.39, 0.29) is 47.8 Å². The number of nitrogens with one attached hydrogen (secondary N) is 1. The number of sulfone groups is 2. The van der Waals surface area contributed by atoms with Gasteiger partial charge in [-0.1, -0.05) is 36.4 Å². The molecule has 0 aliphatic heterocycles. The molecule has 0 radical (unpaired) electrons. The van der Waals surface area contributed by atoms with Gasteiger partial charge in [-0.15, -0.1) is 0 Å². The minimum absolute atomic E-state index is 0.0605. The fourth-order valence-electron chi connectivity index (χ4n) is 8.50. The molecule has 16 nitrogen and oxygen atoms in total. The molecule has 5 aromatic carbocycles. The molecule has 0 saturated carbocycles. The molecular weight excluding hydrogens is 923 g/mol. The van der Waals surface area contributed by atoms with Gasteiger partial charge < -0.3 is 24.3 Å². The first-order valence-corrected chi connectivity index (χ1v) is 25.4. The predicted octanol–water partition coefficient (Wildman–Crippen LogP) is 5.87. The summed E-state index contributed by atoms with van der Waals surface area (Å²) in [5.74, 6) is -0.844. The van der Waals surface area contributed by atoms with Gasteiger partial charge in [-0.3, -0.25) is 18.3 Å². The number of methoxy groups -OCH3 is 2. The summed E-state index contributed by atoms with van der Waals surface area (Å²) in [5, 5.41) is 12.5. The number of hydrogen-bond donors (Lipinski definition) is 1. The van der Waals surface area contributed by atoms with Crippen LogP contribution in [0.4, 0.5) is 8.78 Å². The largest absolute Gasteiger partial charge is 0.493 e. The van der Waals surface area contributed by atoms with E-state index in [1.54, 1.807) is 80.7 Å². The Morgan fingerprint density at radius 3 is 1.79 bits per heavy atom. The molecule has 20 heteroatoms. The lowest BCUT2D eigenvalue weighted by Crippen LogP contribution is -2.33. The second kappa shape index (κ2) is 20.1. The van der Waals surface area contributed by atoms with Crippen LogP contribution in [-0.4, -0.2) is 93.6 Å². The third-order valence-electron chi connectivity index (χ3n) is 11.4. The number of nitriles is 1. The van der Waals surface area contributed by atoms with Gasteiger partial charge in [-0.05, 0) is 90.8 Å². The van der Waals surface area contributed by atoms with Crippen LogP contribution in [0.3, 0.4) is 0 Å². The van der Waals surface area contributed by atoms with E-state index >= 15 is 4.39 Å². The summed E-state index contributed by atoms with van der Waals surface area (Å²) in [6.45, 7) is 1.71. The molecule has 68 heavy (non-hydrogen) atoms. The van der Waals surface area contributed by atoms with Gasteiger partial charge in [-0.25, -0.2) is 35.2 Å². The van der Waals surface area contributed by atoms with Gasteiger partial charge >= 0.3 is 11.4 Å². The Morgan fingerprint density at radius 2 is 1.25 bits per heavy atom. The highest BCUT2D eigenvalue weighted by molar-refractivity contribution is 7.90. The molecule has 0 aliphatic rings. The van der Waals surface area contributed by atoms with Crippen LogP contribution in [0.2, 0.25) is 0 Å². The maximum atomic E-state index is 16.6. The van der Waals surface area contributed by atoms with Crippen molar-refractivity contribution in [3.8, 4) is 40.2 Å². The molecule has 7 aromatic rings. The number of fused-ring (bicyclic) bond motifs is 2. The summed E-state index contributed by atoms with van der Waals surface area (Å²) in [5.41, 5.74) is 1.79. The standard InChI is InChI=1S/C48H50F2N6O10S2/c1-7-65-44-24-32(12-17-42(44)63-3)41(28-68(6,61)62)56-36-15-11-31(23-38(36)54(29-52-2)48(56)58)35-10-8-9-30(46(35)50)19-22-66-45-25-33(13-18-43(45)64-4)40(27-67(5,59)60)55-37-16-14-34(49)26-39(37)53(21-20-51)47(55)57/h8-18,23-26,40-41,52H,7,19,21-22,27-29H2,1-6H3. The van der Waals surface area contributed by atoms with Gasteiger partial charge in [0.2, 0.25) is 0 Å². The topological polar surface area (TPSA) is 195 Å². The Bertz CT molecular complexity index is 3430. The quantitative estimate of drug-likeness (QED) is 0.0956. The van der Waals surface area contributed by atoms with Crippen LogP contribution in [0.1, 0.15) is 35.7 Å². The number of benzene rings is 5. The van der Waals surface area contributed by atoms with E-state index in [9.17, 15) is 36.1 Å². The van der Waals surface area contributed by atoms with Crippen molar-refractivity contribution in [2.75, 3.05) is 58.5 Å². The highest BCUT2D eigenvalue weighted by Crippen LogP contribution is 2.36. The zero-order valence-electron chi connectivity index (χ0n) is 38.2. The first kappa shape index (κ1) is 49.0. The van der Waals surface area contributed by atoms with Crippen LogP contribution in [0.15, 0.2) is 101 Å².